The maximum Gasteiger partial charge on any atom is 0.356 e. The zero-order chi connectivity index (χ0) is 11.1. The minimum Gasteiger partial charge on any atom is -0.476 e. The Kier molecular flexibility index (Phi) is 2.40. The van der Waals surface area contributed by atoms with Crippen molar-refractivity contribution in [3.63, 3.8) is 0 Å². The first kappa shape index (κ1) is 10.2. The monoisotopic (exact) mass is 239 g/mol. The standard InChI is InChI=1S/C10H13N3O2S/c14-10(15)9-7-1-2-11-3-8(7)13(12-9)6-4-16-5-6/h6,11H,1-5H2,(H,14,15). The van der Waals surface area contributed by atoms with E-state index in [2.05, 4.69) is 10.4 Å². The SMILES string of the molecule is O=C(O)c1nn(C2CSC2)c2c1CCNC2. The quantitative estimate of drug-likeness (QED) is 0.787. The fourth-order valence-corrected chi connectivity index (χ4v) is 2.94. The number of carbonyl (C=O) groups is 1. The largest absolute Gasteiger partial charge is 0.476 e. The summed E-state index contributed by atoms with van der Waals surface area (Å²) in [5, 5.41) is 16.7. The Morgan fingerprint density at radius 1 is 1.56 bits per heavy atom. The molecule has 5 nitrogen and oxygen atoms in total. The van der Waals surface area contributed by atoms with Crippen LogP contribution in [0.1, 0.15) is 27.8 Å². The van der Waals surface area contributed by atoms with Crippen LogP contribution < -0.4 is 5.32 Å². The number of aromatic nitrogens is 2. The Morgan fingerprint density at radius 2 is 2.38 bits per heavy atom. The third-order valence-electron chi connectivity index (χ3n) is 3.13. The third kappa shape index (κ3) is 1.44. The highest BCUT2D eigenvalue weighted by molar-refractivity contribution is 8.00. The first-order valence-electron chi connectivity index (χ1n) is 5.39. The highest BCUT2D eigenvalue weighted by Gasteiger charge is 2.30. The van der Waals surface area contributed by atoms with Gasteiger partial charge in [0.2, 0.25) is 0 Å². The number of aromatic carboxylic acids is 1. The van der Waals surface area contributed by atoms with Crippen LogP contribution >= 0.6 is 11.8 Å². The average Bonchev–Trinajstić information content (AvgIpc) is 2.56. The summed E-state index contributed by atoms with van der Waals surface area (Å²) >= 11 is 1.88. The van der Waals surface area contributed by atoms with E-state index in [4.69, 9.17) is 5.11 Å². The van der Waals surface area contributed by atoms with E-state index < -0.39 is 5.97 Å². The minimum atomic E-state index is -0.899. The Labute approximate surface area is 97.2 Å². The predicted octanol–water partition coefficient (Wildman–Crippen LogP) is 0.515. The number of thioether (sulfide) groups is 1. The summed E-state index contributed by atoms with van der Waals surface area (Å²) in [7, 11) is 0. The summed E-state index contributed by atoms with van der Waals surface area (Å²) in [5.41, 5.74) is 2.27. The molecule has 3 heterocycles. The van der Waals surface area contributed by atoms with E-state index in [1.807, 2.05) is 16.4 Å². The molecular formula is C10H13N3O2S. The summed E-state index contributed by atoms with van der Waals surface area (Å²) in [5.74, 6) is 1.20. The van der Waals surface area contributed by atoms with Crippen LogP contribution in [0.5, 0.6) is 0 Å². The van der Waals surface area contributed by atoms with E-state index in [9.17, 15) is 4.79 Å². The summed E-state index contributed by atoms with van der Waals surface area (Å²) in [4.78, 5) is 11.1. The number of fused-ring (bicyclic) bond motifs is 1. The smallest absolute Gasteiger partial charge is 0.356 e. The van der Waals surface area contributed by atoms with Gasteiger partial charge in [-0.1, -0.05) is 0 Å². The van der Waals surface area contributed by atoms with E-state index in [-0.39, 0.29) is 5.69 Å². The average molecular weight is 239 g/mol. The summed E-state index contributed by atoms with van der Waals surface area (Å²) in [6, 6.07) is 0.395. The van der Waals surface area contributed by atoms with Crippen molar-refractivity contribution in [2.45, 2.75) is 19.0 Å². The molecule has 1 aromatic rings. The van der Waals surface area contributed by atoms with E-state index in [0.29, 0.717) is 6.04 Å². The first-order valence-corrected chi connectivity index (χ1v) is 6.55. The van der Waals surface area contributed by atoms with Gasteiger partial charge in [0.25, 0.3) is 0 Å². The normalized spacial score (nSPS) is 20.2. The van der Waals surface area contributed by atoms with Crippen molar-refractivity contribution in [3.05, 3.63) is 17.0 Å². The van der Waals surface area contributed by atoms with Crippen LogP contribution in [0, 0.1) is 0 Å². The predicted molar refractivity (Wildman–Crippen MR) is 61.0 cm³/mol. The number of nitrogens with one attached hydrogen (secondary N) is 1. The van der Waals surface area contributed by atoms with Crippen LogP contribution in [0.3, 0.4) is 0 Å². The lowest BCUT2D eigenvalue weighted by Crippen LogP contribution is -2.30. The zero-order valence-corrected chi connectivity index (χ0v) is 9.59. The molecule has 2 aliphatic rings. The summed E-state index contributed by atoms with van der Waals surface area (Å²) < 4.78 is 1.93. The molecular weight excluding hydrogens is 226 g/mol. The maximum absolute atomic E-state index is 11.1. The molecule has 0 aromatic carbocycles. The van der Waals surface area contributed by atoms with Gasteiger partial charge in [-0.3, -0.25) is 4.68 Å². The summed E-state index contributed by atoms with van der Waals surface area (Å²) in [6.45, 7) is 1.59. The molecule has 3 rings (SSSR count). The molecule has 0 bridgehead atoms. The van der Waals surface area contributed by atoms with Crippen LogP contribution in [-0.2, 0) is 13.0 Å². The molecule has 86 valence electrons. The van der Waals surface area contributed by atoms with E-state index in [0.717, 1.165) is 42.3 Å². The first-order chi connectivity index (χ1) is 7.77. The van der Waals surface area contributed by atoms with Crippen LogP contribution in [-0.4, -0.2) is 38.9 Å². The Morgan fingerprint density at radius 3 is 3.00 bits per heavy atom. The van der Waals surface area contributed by atoms with Crippen LogP contribution in [0.4, 0.5) is 0 Å². The number of nitrogens with zero attached hydrogens (tertiary/aromatic N) is 2. The number of carboxylic acid groups (broad SMARTS) is 1. The molecule has 0 atom stereocenters. The molecule has 2 aliphatic heterocycles. The van der Waals surface area contributed by atoms with Gasteiger partial charge in [0.15, 0.2) is 5.69 Å². The van der Waals surface area contributed by atoms with Crippen molar-refractivity contribution in [3.8, 4) is 0 Å². The molecule has 0 unspecified atom stereocenters. The van der Waals surface area contributed by atoms with Gasteiger partial charge in [-0.2, -0.15) is 16.9 Å². The van der Waals surface area contributed by atoms with Crippen molar-refractivity contribution >= 4 is 17.7 Å². The fraction of sp³-hybridized carbons (Fsp3) is 0.600. The second-order valence-corrected chi connectivity index (χ2v) is 5.22. The van der Waals surface area contributed by atoms with Crippen molar-refractivity contribution < 1.29 is 9.90 Å². The Balaban J connectivity index is 2.07. The molecule has 1 saturated heterocycles. The van der Waals surface area contributed by atoms with Crippen molar-refractivity contribution in [1.82, 2.24) is 15.1 Å². The van der Waals surface area contributed by atoms with Gasteiger partial charge in [-0.25, -0.2) is 4.79 Å². The molecule has 0 amide bonds. The number of hydrogen-bond acceptors (Lipinski definition) is 4. The fourth-order valence-electron chi connectivity index (χ4n) is 2.21. The minimum absolute atomic E-state index is 0.258. The molecule has 2 N–H and O–H groups in total. The molecule has 1 aromatic heterocycles. The van der Waals surface area contributed by atoms with E-state index in [1.165, 1.54) is 0 Å². The Bertz CT molecular complexity index is 440. The van der Waals surface area contributed by atoms with Crippen LogP contribution in [0.25, 0.3) is 0 Å². The van der Waals surface area contributed by atoms with E-state index >= 15 is 0 Å². The van der Waals surface area contributed by atoms with Gasteiger partial charge in [-0.05, 0) is 13.0 Å². The molecule has 0 saturated carbocycles. The highest BCUT2D eigenvalue weighted by Crippen LogP contribution is 2.32. The maximum atomic E-state index is 11.1. The van der Waals surface area contributed by atoms with Crippen LogP contribution in [0.15, 0.2) is 0 Å². The molecule has 6 heteroatoms. The Hall–Kier alpha value is -1.01. The third-order valence-corrected chi connectivity index (χ3v) is 4.37. The van der Waals surface area contributed by atoms with Crippen molar-refractivity contribution in [2.24, 2.45) is 0 Å². The number of rotatable bonds is 2. The van der Waals surface area contributed by atoms with Crippen molar-refractivity contribution in [2.75, 3.05) is 18.1 Å². The van der Waals surface area contributed by atoms with Gasteiger partial charge < -0.3 is 10.4 Å². The second-order valence-electron chi connectivity index (χ2n) is 4.14. The van der Waals surface area contributed by atoms with Gasteiger partial charge in [0.1, 0.15) is 0 Å². The highest BCUT2D eigenvalue weighted by atomic mass is 32.2. The lowest BCUT2D eigenvalue weighted by molar-refractivity contribution is 0.0688. The molecule has 0 radical (unpaired) electrons. The van der Waals surface area contributed by atoms with Gasteiger partial charge in [0.05, 0.1) is 11.7 Å². The lowest BCUT2D eigenvalue weighted by Gasteiger charge is -2.28. The lowest BCUT2D eigenvalue weighted by atomic mass is 10.1. The summed E-state index contributed by atoms with van der Waals surface area (Å²) in [6.07, 6.45) is 0.775. The number of hydrogen-bond donors (Lipinski definition) is 2. The van der Waals surface area contributed by atoms with Crippen molar-refractivity contribution in [1.29, 1.82) is 0 Å². The molecule has 16 heavy (non-hydrogen) atoms. The molecule has 0 spiro atoms. The zero-order valence-electron chi connectivity index (χ0n) is 8.77. The van der Waals surface area contributed by atoms with Crippen LogP contribution in [0.2, 0.25) is 0 Å². The van der Waals surface area contributed by atoms with Gasteiger partial charge in [-0.15, -0.1) is 0 Å². The molecule has 0 aliphatic carbocycles. The van der Waals surface area contributed by atoms with Gasteiger partial charge >= 0.3 is 5.97 Å². The van der Waals surface area contributed by atoms with Gasteiger partial charge in [0, 0.05) is 23.6 Å². The topological polar surface area (TPSA) is 67.1 Å². The number of carboxylic acids is 1. The molecule has 1 fully saturated rings. The van der Waals surface area contributed by atoms with E-state index in [1.54, 1.807) is 0 Å². The second kappa shape index (κ2) is 3.78.